The second kappa shape index (κ2) is 6.33. The molecule has 2 unspecified atom stereocenters. The molecule has 1 saturated heterocycles. The molecule has 0 aromatic carbocycles. The van der Waals surface area contributed by atoms with Crippen LogP contribution in [0.1, 0.15) is 52.4 Å². The Morgan fingerprint density at radius 3 is 2.70 bits per heavy atom. The van der Waals surface area contributed by atoms with Gasteiger partial charge in [0.05, 0.1) is 6.10 Å². The molecule has 0 amide bonds. The predicted molar refractivity (Wildman–Crippen MR) is 80.8 cm³/mol. The topological polar surface area (TPSA) is 30.5 Å². The quantitative estimate of drug-likeness (QED) is 0.659. The van der Waals surface area contributed by atoms with Crippen LogP contribution in [0.5, 0.6) is 0 Å². The zero-order valence-corrected chi connectivity index (χ0v) is 13.2. The summed E-state index contributed by atoms with van der Waals surface area (Å²) >= 11 is 0. The van der Waals surface area contributed by atoms with E-state index in [4.69, 9.17) is 9.47 Å². The molecule has 2 saturated carbocycles. The van der Waals surface area contributed by atoms with Crippen LogP contribution in [-0.4, -0.2) is 38.5 Å². The highest BCUT2D eigenvalue weighted by Gasteiger charge is 2.50. The van der Waals surface area contributed by atoms with E-state index >= 15 is 0 Å². The highest BCUT2D eigenvalue weighted by Crippen LogP contribution is 2.49. The molecular weight excluding hydrogens is 250 g/mol. The van der Waals surface area contributed by atoms with E-state index in [-0.39, 0.29) is 0 Å². The molecule has 3 rings (SSSR count). The molecule has 20 heavy (non-hydrogen) atoms. The van der Waals surface area contributed by atoms with E-state index in [1.807, 2.05) is 0 Å². The summed E-state index contributed by atoms with van der Waals surface area (Å²) in [6.07, 6.45) is 8.38. The van der Waals surface area contributed by atoms with Crippen LogP contribution in [0.15, 0.2) is 0 Å². The lowest BCUT2D eigenvalue weighted by atomic mass is 9.76. The van der Waals surface area contributed by atoms with Crippen molar-refractivity contribution in [2.75, 3.05) is 26.4 Å². The second-order valence-corrected chi connectivity index (χ2v) is 7.62. The second-order valence-electron chi connectivity index (χ2n) is 7.62. The summed E-state index contributed by atoms with van der Waals surface area (Å²) in [6, 6.07) is 0.795. The van der Waals surface area contributed by atoms with E-state index in [0.29, 0.717) is 17.4 Å². The van der Waals surface area contributed by atoms with Crippen molar-refractivity contribution in [3.8, 4) is 0 Å². The van der Waals surface area contributed by atoms with Gasteiger partial charge in [-0.2, -0.15) is 0 Å². The first-order valence-corrected chi connectivity index (χ1v) is 8.62. The summed E-state index contributed by atoms with van der Waals surface area (Å²) in [6.45, 7) is 8.33. The van der Waals surface area contributed by atoms with Crippen molar-refractivity contribution in [1.82, 2.24) is 5.32 Å². The minimum atomic E-state index is 0.348. The van der Waals surface area contributed by atoms with Crippen LogP contribution in [0.2, 0.25) is 0 Å². The number of ether oxygens (including phenoxy) is 2. The summed E-state index contributed by atoms with van der Waals surface area (Å²) in [5, 5.41) is 3.77. The first-order valence-electron chi connectivity index (χ1n) is 8.62. The Morgan fingerprint density at radius 2 is 2.05 bits per heavy atom. The van der Waals surface area contributed by atoms with E-state index in [1.165, 1.54) is 38.5 Å². The number of hydrogen-bond donors (Lipinski definition) is 1. The summed E-state index contributed by atoms with van der Waals surface area (Å²) in [5.74, 6) is 1.47. The molecular formula is C17H31NO2. The van der Waals surface area contributed by atoms with Crippen molar-refractivity contribution in [2.45, 2.75) is 64.5 Å². The Balaban J connectivity index is 1.53. The Kier molecular flexibility index (Phi) is 4.68. The molecule has 0 spiro atoms. The summed E-state index contributed by atoms with van der Waals surface area (Å²) < 4.78 is 12.0. The minimum absolute atomic E-state index is 0.348. The monoisotopic (exact) mass is 281 g/mol. The van der Waals surface area contributed by atoms with Gasteiger partial charge in [0.1, 0.15) is 0 Å². The fraction of sp³-hybridized carbons (Fsp3) is 1.00. The normalized spacial score (nSPS) is 34.0. The maximum atomic E-state index is 6.13. The van der Waals surface area contributed by atoms with Crippen molar-refractivity contribution in [3.05, 3.63) is 0 Å². The molecule has 1 heterocycles. The lowest BCUT2D eigenvalue weighted by Gasteiger charge is -2.35. The number of rotatable bonds is 9. The summed E-state index contributed by atoms with van der Waals surface area (Å²) in [7, 11) is 0. The predicted octanol–water partition coefficient (Wildman–Crippen LogP) is 2.99. The molecule has 3 nitrogen and oxygen atoms in total. The highest BCUT2D eigenvalue weighted by atomic mass is 16.5. The van der Waals surface area contributed by atoms with Crippen molar-refractivity contribution in [1.29, 1.82) is 0 Å². The zero-order chi connectivity index (χ0) is 14.0. The van der Waals surface area contributed by atoms with E-state index in [2.05, 4.69) is 19.2 Å². The summed E-state index contributed by atoms with van der Waals surface area (Å²) in [5.41, 5.74) is 0.348. The third-order valence-corrected chi connectivity index (χ3v) is 5.07. The Bertz CT molecular complexity index is 312. The maximum Gasteiger partial charge on any atom is 0.0673 e. The molecule has 116 valence electrons. The van der Waals surface area contributed by atoms with Gasteiger partial charge in [-0.15, -0.1) is 0 Å². The van der Waals surface area contributed by atoms with Crippen molar-refractivity contribution in [2.24, 2.45) is 17.3 Å². The zero-order valence-electron chi connectivity index (χ0n) is 13.2. The molecule has 0 aromatic heterocycles. The molecule has 0 radical (unpaired) electrons. The van der Waals surface area contributed by atoms with Crippen molar-refractivity contribution >= 4 is 0 Å². The molecule has 0 aromatic rings. The highest BCUT2D eigenvalue weighted by molar-refractivity contribution is 5.01. The van der Waals surface area contributed by atoms with Crippen molar-refractivity contribution < 1.29 is 9.47 Å². The van der Waals surface area contributed by atoms with E-state index in [1.54, 1.807) is 0 Å². The Morgan fingerprint density at radius 1 is 1.25 bits per heavy atom. The first kappa shape index (κ1) is 14.8. The van der Waals surface area contributed by atoms with Crippen LogP contribution < -0.4 is 5.32 Å². The Labute approximate surface area is 123 Å². The molecule has 3 heteroatoms. The smallest absolute Gasteiger partial charge is 0.0673 e. The largest absolute Gasteiger partial charge is 0.381 e. The van der Waals surface area contributed by atoms with Gasteiger partial charge < -0.3 is 14.8 Å². The van der Waals surface area contributed by atoms with Gasteiger partial charge in [0.2, 0.25) is 0 Å². The van der Waals surface area contributed by atoms with E-state index in [9.17, 15) is 0 Å². The maximum absolute atomic E-state index is 6.13. The lowest BCUT2D eigenvalue weighted by molar-refractivity contribution is 0.00549. The van der Waals surface area contributed by atoms with Crippen molar-refractivity contribution in [3.63, 3.8) is 0 Å². The SMILES string of the molecule is CC(C)COCCC1(CNC2CC2)CCOC1C1CC1. The molecule has 3 aliphatic rings. The van der Waals surface area contributed by atoms with E-state index in [0.717, 1.165) is 38.3 Å². The van der Waals surface area contributed by atoms with Crippen LogP contribution in [-0.2, 0) is 9.47 Å². The average molecular weight is 281 g/mol. The third-order valence-electron chi connectivity index (χ3n) is 5.07. The van der Waals surface area contributed by atoms with Gasteiger partial charge in [-0.3, -0.25) is 0 Å². The molecule has 3 fully saturated rings. The standard InChI is InChI=1S/C17H31NO2/c1-13(2)11-19-9-7-17(12-18-15-5-6-15)8-10-20-16(17)14-3-4-14/h13-16,18H,3-12H2,1-2H3. The lowest BCUT2D eigenvalue weighted by Crippen LogP contribution is -2.43. The molecule has 0 bridgehead atoms. The van der Waals surface area contributed by atoms with Gasteiger partial charge in [0.15, 0.2) is 0 Å². The molecule has 1 N–H and O–H groups in total. The van der Waals surface area contributed by atoms with Gasteiger partial charge in [0, 0.05) is 37.8 Å². The van der Waals surface area contributed by atoms with Gasteiger partial charge >= 0.3 is 0 Å². The van der Waals surface area contributed by atoms with Crippen LogP contribution >= 0.6 is 0 Å². The van der Waals surface area contributed by atoms with Crippen LogP contribution in [0.25, 0.3) is 0 Å². The van der Waals surface area contributed by atoms with Crippen LogP contribution in [0, 0.1) is 17.3 Å². The Hall–Kier alpha value is -0.120. The molecule has 1 aliphatic heterocycles. The van der Waals surface area contributed by atoms with Crippen LogP contribution in [0.4, 0.5) is 0 Å². The molecule has 2 atom stereocenters. The number of nitrogens with one attached hydrogen (secondary N) is 1. The summed E-state index contributed by atoms with van der Waals surface area (Å²) in [4.78, 5) is 0. The van der Waals surface area contributed by atoms with Gasteiger partial charge in [-0.05, 0) is 50.4 Å². The fourth-order valence-corrected chi connectivity index (χ4v) is 3.52. The van der Waals surface area contributed by atoms with Crippen LogP contribution in [0.3, 0.4) is 0 Å². The van der Waals surface area contributed by atoms with Gasteiger partial charge in [-0.1, -0.05) is 13.8 Å². The molecule has 2 aliphatic carbocycles. The first-order chi connectivity index (χ1) is 9.70. The average Bonchev–Trinajstić information content (AvgIpc) is 3.32. The van der Waals surface area contributed by atoms with E-state index < -0.39 is 0 Å². The minimum Gasteiger partial charge on any atom is -0.381 e. The van der Waals surface area contributed by atoms with Gasteiger partial charge in [-0.25, -0.2) is 0 Å². The number of hydrogen-bond acceptors (Lipinski definition) is 3. The third kappa shape index (κ3) is 3.75. The fourth-order valence-electron chi connectivity index (χ4n) is 3.52. The van der Waals surface area contributed by atoms with Gasteiger partial charge in [0.25, 0.3) is 0 Å².